The lowest BCUT2D eigenvalue weighted by Crippen LogP contribution is -2.39. The normalized spacial score (nSPS) is 17.7. The summed E-state index contributed by atoms with van der Waals surface area (Å²) in [5.74, 6) is 0.852. The first kappa shape index (κ1) is 15.0. The maximum Gasteiger partial charge on any atom is 0.265 e. The Kier molecular flexibility index (Phi) is 4.40. The van der Waals surface area contributed by atoms with Crippen LogP contribution in [0.2, 0.25) is 0 Å². The van der Waals surface area contributed by atoms with Crippen molar-refractivity contribution < 1.29 is 9.53 Å². The molecule has 1 aliphatic heterocycles. The molecule has 0 radical (unpaired) electrons. The highest BCUT2D eigenvalue weighted by atomic mass is 32.1. The molecule has 6 heteroatoms. The van der Waals surface area contributed by atoms with E-state index < -0.39 is 0 Å². The van der Waals surface area contributed by atoms with E-state index in [2.05, 4.69) is 4.98 Å². The lowest BCUT2D eigenvalue weighted by molar-refractivity contribution is 0.0746. The predicted octanol–water partition coefficient (Wildman–Crippen LogP) is 2.38. The molecule has 1 aromatic heterocycles. The summed E-state index contributed by atoms with van der Waals surface area (Å²) in [5.41, 5.74) is 6.73. The lowest BCUT2D eigenvalue weighted by atomic mass is 10.2. The molecule has 22 heavy (non-hydrogen) atoms. The highest BCUT2D eigenvalue weighted by Gasteiger charge is 2.29. The van der Waals surface area contributed by atoms with Crippen LogP contribution in [0, 0.1) is 0 Å². The van der Waals surface area contributed by atoms with Crippen LogP contribution in [0.1, 0.15) is 22.5 Å². The monoisotopic (exact) mass is 317 g/mol. The number of carbonyl (C=O) groups excluding carboxylic acids is 1. The van der Waals surface area contributed by atoms with Crippen LogP contribution in [0.25, 0.3) is 10.6 Å². The minimum Gasteiger partial charge on any atom is -0.497 e. The van der Waals surface area contributed by atoms with Gasteiger partial charge in [-0.3, -0.25) is 4.79 Å². The van der Waals surface area contributed by atoms with Crippen LogP contribution in [-0.4, -0.2) is 42.0 Å². The van der Waals surface area contributed by atoms with Gasteiger partial charge in [-0.2, -0.15) is 0 Å². The Morgan fingerprint density at radius 3 is 2.91 bits per heavy atom. The van der Waals surface area contributed by atoms with Crippen LogP contribution in [0.4, 0.5) is 0 Å². The van der Waals surface area contributed by atoms with E-state index >= 15 is 0 Å². The van der Waals surface area contributed by atoms with E-state index in [0.29, 0.717) is 11.4 Å². The van der Waals surface area contributed by atoms with Gasteiger partial charge in [-0.25, -0.2) is 4.98 Å². The number of nitrogens with zero attached hydrogens (tertiary/aromatic N) is 2. The molecule has 1 atom stereocenters. The first-order valence-electron chi connectivity index (χ1n) is 7.34. The first-order chi connectivity index (χ1) is 10.7. The highest BCUT2D eigenvalue weighted by Crippen LogP contribution is 2.29. The Bertz CT molecular complexity index is 654. The van der Waals surface area contributed by atoms with Crippen molar-refractivity contribution in [1.29, 1.82) is 0 Å². The van der Waals surface area contributed by atoms with Crippen LogP contribution >= 0.6 is 11.3 Å². The molecular formula is C16H19N3O2S. The third-order valence-corrected chi connectivity index (χ3v) is 5.00. The molecule has 1 saturated heterocycles. The summed E-state index contributed by atoms with van der Waals surface area (Å²) in [6.07, 6.45) is 3.68. The van der Waals surface area contributed by atoms with Crippen molar-refractivity contribution in [3.05, 3.63) is 35.3 Å². The fourth-order valence-electron chi connectivity index (χ4n) is 2.73. The third kappa shape index (κ3) is 2.84. The summed E-state index contributed by atoms with van der Waals surface area (Å²) >= 11 is 1.42. The number of amides is 1. The molecule has 2 N–H and O–H groups in total. The van der Waals surface area contributed by atoms with E-state index in [-0.39, 0.29) is 11.9 Å². The average Bonchev–Trinajstić information content (AvgIpc) is 3.23. The number of hydrogen-bond acceptors (Lipinski definition) is 5. The standard InChI is InChI=1S/C16H19N3O2S/c1-21-13-6-4-11(5-7-13)15-18-10-14(22-15)16(20)19-8-2-3-12(19)9-17/h4-7,10,12H,2-3,8-9,17H2,1H3. The number of benzene rings is 1. The third-order valence-electron chi connectivity index (χ3n) is 3.96. The van der Waals surface area contributed by atoms with Gasteiger partial charge in [0.25, 0.3) is 5.91 Å². The Hall–Kier alpha value is -1.92. The van der Waals surface area contributed by atoms with Crippen LogP contribution < -0.4 is 10.5 Å². The van der Waals surface area contributed by atoms with Crippen molar-refractivity contribution in [2.45, 2.75) is 18.9 Å². The fourth-order valence-corrected chi connectivity index (χ4v) is 3.61. The van der Waals surface area contributed by atoms with E-state index in [1.165, 1.54) is 11.3 Å². The van der Waals surface area contributed by atoms with E-state index in [1.54, 1.807) is 13.3 Å². The first-order valence-corrected chi connectivity index (χ1v) is 8.16. The van der Waals surface area contributed by atoms with E-state index in [0.717, 1.165) is 35.7 Å². The van der Waals surface area contributed by atoms with Crippen molar-refractivity contribution in [3.8, 4) is 16.3 Å². The number of methoxy groups -OCH3 is 1. The highest BCUT2D eigenvalue weighted by molar-refractivity contribution is 7.16. The quantitative estimate of drug-likeness (QED) is 0.940. The molecule has 0 saturated carbocycles. The van der Waals surface area contributed by atoms with E-state index in [9.17, 15) is 4.79 Å². The van der Waals surface area contributed by atoms with Crippen molar-refractivity contribution in [1.82, 2.24) is 9.88 Å². The molecule has 1 fully saturated rings. The van der Waals surface area contributed by atoms with Gasteiger partial charge in [0.2, 0.25) is 0 Å². The van der Waals surface area contributed by atoms with Gasteiger partial charge in [0.15, 0.2) is 0 Å². The topological polar surface area (TPSA) is 68.5 Å². The summed E-state index contributed by atoms with van der Waals surface area (Å²) in [6.45, 7) is 1.31. The summed E-state index contributed by atoms with van der Waals surface area (Å²) in [7, 11) is 1.64. The van der Waals surface area contributed by atoms with Crippen LogP contribution in [0.3, 0.4) is 0 Å². The largest absolute Gasteiger partial charge is 0.497 e. The van der Waals surface area contributed by atoms with Crippen LogP contribution in [0.15, 0.2) is 30.5 Å². The van der Waals surface area contributed by atoms with Crippen molar-refractivity contribution in [2.75, 3.05) is 20.2 Å². The van der Waals surface area contributed by atoms with Crippen LogP contribution in [0.5, 0.6) is 5.75 Å². The SMILES string of the molecule is COc1ccc(-c2ncc(C(=O)N3CCCC3CN)s2)cc1. The molecule has 2 heterocycles. The zero-order chi connectivity index (χ0) is 15.5. The van der Waals surface area contributed by atoms with Crippen molar-refractivity contribution in [3.63, 3.8) is 0 Å². The summed E-state index contributed by atoms with van der Waals surface area (Å²) in [6, 6.07) is 7.85. The molecule has 116 valence electrons. The number of hydrogen-bond donors (Lipinski definition) is 1. The number of ether oxygens (including phenoxy) is 1. The molecule has 0 bridgehead atoms. The number of likely N-dealkylation sites (tertiary alicyclic amines) is 1. The summed E-state index contributed by atoms with van der Waals surface area (Å²) in [5, 5.41) is 0.842. The molecule has 1 unspecified atom stereocenters. The minimum atomic E-state index is 0.0465. The fraction of sp³-hybridized carbons (Fsp3) is 0.375. The number of rotatable bonds is 4. The second kappa shape index (κ2) is 6.46. The van der Waals surface area contributed by atoms with E-state index in [4.69, 9.17) is 10.5 Å². The molecule has 1 aromatic carbocycles. The Labute approximate surface area is 133 Å². The second-order valence-corrected chi connectivity index (χ2v) is 6.32. The molecule has 3 rings (SSSR count). The van der Waals surface area contributed by atoms with Crippen molar-refractivity contribution >= 4 is 17.2 Å². The summed E-state index contributed by atoms with van der Waals surface area (Å²) in [4.78, 5) is 19.5. The number of aromatic nitrogens is 1. The second-order valence-electron chi connectivity index (χ2n) is 5.29. The van der Waals surface area contributed by atoms with Gasteiger partial charge in [0, 0.05) is 24.7 Å². The molecule has 1 aliphatic rings. The van der Waals surface area contributed by atoms with Gasteiger partial charge >= 0.3 is 0 Å². The summed E-state index contributed by atoms with van der Waals surface area (Å²) < 4.78 is 5.15. The molecule has 0 aliphatic carbocycles. The van der Waals surface area contributed by atoms with Gasteiger partial charge in [-0.05, 0) is 37.1 Å². The maximum atomic E-state index is 12.6. The number of carbonyl (C=O) groups is 1. The average molecular weight is 317 g/mol. The van der Waals surface area contributed by atoms with Crippen molar-refractivity contribution in [2.24, 2.45) is 5.73 Å². The Morgan fingerprint density at radius 1 is 1.45 bits per heavy atom. The van der Waals surface area contributed by atoms with Gasteiger partial charge < -0.3 is 15.4 Å². The molecular weight excluding hydrogens is 298 g/mol. The predicted molar refractivity (Wildman–Crippen MR) is 87.2 cm³/mol. The lowest BCUT2D eigenvalue weighted by Gasteiger charge is -2.22. The Morgan fingerprint density at radius 2 is 2.23 bits per heavy atom. The molecule has 1 amide bonds. The van der Waals surface area contributed by atoms with Gasteiger partial charge in [0.05, 0.1) is 13.3 Å². The zero-order valence-corrected chi connectivity index (χ0v) is 13.3. The smallest absolute Gasteiger partial charge is 0.265 e. The van der Waals surface area contributed by atoms with Crippen LogP contribution in [-0.2, 0) is 0 Å². The minimum absolute atomic E-state index is 0.0465. The molecule has 5 nitrogen and oxygen atoms in total. The number of thiazole rings is 1. The van der Waals surface area contributed by atoms with Gasteiger partial charge in [-0.15, -0.1) is 11.3 Å². The molecule has 0 spiro atoms. The maximum absolute atomic E-state index is 12.6. The Balaban J connectivity index is 1.79. The van der Waals surface area contributed by atoms with Gasteiger partial charge in [-0.1, -0.05) is 0 Å². The van der Waals surface area contributed by atoms with Gasteiger partial charge in [0.1, 0.15) is 15.6 Å². The number of nitrogens with two attached hydrogens (primary N) is 1. The van der Waals surface area contributed by atoms with E-state index in [1.807, 2.05) is 29.2 Å². The molecule has 2 aromatic rings. The zero-order valence-electron chi connectivity index (χ0n) is 12.5.